The van der Waals surface area contributed by atoms with E-state index in [-0.39, 0.29) is 18.3 Å². The minimum absolute atomic E-state index is 0.0235. The van der Waals surface area contributed by atoms with Gasteiger partial charge < -0.3 is 10.1 Å². The van der Waals surface area contributed by atoms with Gasteiger partial charge in [-0.2, -0.15) is 5.10 Å². The zero-order chi connectivity index (χ0) is 18.4. The second-order valence-electron chi connectivity index (χ2n) is 5.56. The van der Waals surface area contributed by atoms with E-state index < -0.39 is 0 Å². The highest BCUT2D eigenvalue weighted by Crippen LogP contribution is 2.26. The Kier molecular flexibility index (Phi) is 5.43. The molecule has 26 heavy (non-hydrogen) atoms. The average Bonchev–Trinajstić information content (AvgIpc) is 2.67. The first-order valence-electron chi connectivity index (χ1n) is 8.04. The van der Waals surface area contributed by atoms with Gasteiger partial charge >= 0.3 is 0 Å². The van der Waals surface area contributed by atoms with Crippen molar-refractivity contribution in [3.05, 3.63) is 72.0 Å². The standard InChI is InChI=1S/C20H18FN3O2/c1-26-19-11-6-14-4-2-3-5-17(14)18(19)12-23-24-20(25)13-22-16-9-7-15(21)8-10-16/h2-12,22H,13H2,1H3,(H,24,25)/b23-12-. The topological polar surface area (TPSA) is 62.7 Å². The van der Waals surface area contributed by atoms with E-state index in [1.807, 2.05) is 36.4 Å². The summed E-state index contributed by atoms with van der Waals surface area (Å²) in [4.78, 5) is 11.9. The lowest BCUT2D eigenvalue weighted by Crippen LogP contribution is -2.25. The monoisotopic (exact) mass is 351 g/mol. The number of carbonyl (C=O) groups excluding carboxylic acids is 1. The normalized spacial score (nSPS) is 10.8. The summed E-state index contributed by atoms with van der Waals surface area (Å²) in [5, 5.41) is 8.95. The van der Waals surface area contributed by atoms with E-state index in [1.54, 1.807) is 25.5 Å². The highest BCUT2D eigenvalue weighted by Gasteiger charge is 2.06. The maximum absolute atomic E-state index is 12.8. The molecule has 0 aliphatic carbocycles. The second kappa shape index (κ2) is 8.11. The number of fused-ring (bicyclic) bond motifs is 1. The Morgan fingerprint density at radius 3 is 2.65 bits per heavy atom. The van der Waals surface area contributed by atoms with Gasteiger partial charge in [0.05, 0.1) is 19.9 Å². The molecule has 1 amide bonds. The number of ether oxygens (including phenoxy) is 1. The number of rotatable bonds is 6. The SMILES string of the molecule is COc1ccc2ccccc2c1/C=N\NC(=O)CNc1ccc(F)cc1. The van der Waals surface area contributed by atoms with Crippen LogP contribution in [0, 0.1) is 5.82 Å². The summed E-state index contributed by atoms with van der Waals surface area (Å²) in [6.07, 6.45) is 1.57. The number of hydrogen-bond acceptors (Lipinski definition) is 4. The average molecular weight is 351 g/mol. The van der Waals surface area contributed by atoms with Crippen LogP contribution < -0.4 is 15.5 Å². The maximum atomic E-state index is 12.8. The smallest absolute Gasteiger partial charge is 0.259 e. The number of carbonyl (C=O) groups is 1. The molecule has 3 rings (SSSR count). The van der Waals surface area contributed by atoms with E-state index in [0.717, 1.165) is 16.3 Å². The van der Waals surface area contributed by atoms with Crippen LogP contribution in [0.1, 0.15) is 5.56 Å². The fourth-order valence-electron chi connectivity index (χ4n) is 2.55. The molecule has 3 aromatic rings. The summed E-state index contributed by atoms with van der Waals surface area (Å²) >= 11 is 0. The first-order valence-corrected chi connectivity index (χ1v) is 8.04. The predicted octanol–water partition coefficient (Wildman–Crippen LogP) is 3.55. The zero-order valence-corrected chi connectivity index (χ0v) is 14.2. The molecule has 0 fully saturated rings. The Morgan fingerprint density at radius 1 is 1.12 bits per heavy atom. The third-order valence-electron chi connectivity index (χ3n) is 3.83. The van der Waals surface area contributed by atoms with Gasteiger partial charge in [0.2, 0.25) is 0 Å². The summed E-state index contributed by atoms with van der Waals surface area (Å²) in [6, 6.07) is 17.5. The maximum Gasteiger partial charge on any atom is 0.259 e. The van der Waals surface area contributed by atoms with Gasteiger partial charge in [0.15, 0.2) is 0 Å². The van der Waals surface area contributed by atoms with Gasteiger partial charge in [-0.25, -0.2) is 9.82 Å². The lowest BCUT2D eigenvalue weighted by molar-refractivity contribution is -0.119. The molecule has 0 aliphatic heterocycles. The first kappa shape index (κ1) is 17.4. The third kappa shape index (κ3) is 4.16. The number of benzene rings is 3. The van der Waals surface area contributed by atoms with Crippen molar-refractivity contribution in [2.45, 2.75) is 0 Å². The fraction of sp³-hybridized carbons (Fsp3) is 0.100. The van der Waals surface area contributed by atoms with Gasteiger partial charge in [-0.1, -0.05) is 30.3 Å². The molecule has 0 aliphatic rings. The molecule has 0 heterocycles. The summed E-state index contributed by atoms with van der Waals surface area (Å²) in [6.45, 7) is 0.0235. The molecule has 0 unspecified atom stereocenters. The van der Waals surface area contributed by atoms with Gasteiger partial charge in [0.1, 0.15) is 11.6 Å². The van der Waals surface area contributed by atoms with Crippen molar-refractivity contribution in [3.8, 4) is 5.75 Å². The van der Waals surface area contributed by atoms with Crippen LogP contribution in [0.3, 0.4) is 0 Å². The summed E-state index contributed by atoms with van der Waals surface area (Å²) < 4.78 is 18.2. The molecule has 0 saturated heterocycles. The number of nitrogens with zero attached hydrogens (tertiary/aromatic N) is 1. The van der Waals surface area contributed by atoms with E-state index in [9.17, 15) is 9.18 Å². The minimum Gasteiger partial charge on any atom is -0.496 e. The number of hydrazone groups is 1. The molecular formula is C20H18FN3O2. The lowest BCUT2D eigenvalue weighted by Gasteiger charge is -2.08. The van der Waals surface area contributed by atoms with E-state index in [1.165, 1.54) is 12.1 Å². The molecule has 6 heteroatoms. The van der Waals surface area contributed by atoms with Crippen molar-refractivity contribution in [2.24, 2.45) is 5.10 Å². The molecule has 0 aromatic heterocycles. The molecule has 132 valence electrons. The highest BCUT2D eigenvalue weighted by atomic mass is 19.1. The first-order chi connectivity index (χ1) is 12.7. The molecule has 0 radical (unpaired) electrons. The number of methoxy groups -OCH3 is 1. The Bertz CT molecular complexity index is 939. The van der Waals surface area contributed by atoms with Crippen molar-refractivity contribution in [2.75, 3.05) is 19.0 Å². The van der Waals surface area contributed by atoms with Gasteiger partial charge in [0, 0.05) is 11.3 Å². The number of anilines is 1. The quantitative estimate of drug-likeness (QED) is 0.527. The van der Waals surface area contributed by atoms with Crippen LogP contribution in [0.5, 0.6) is 5.75 Å². The van der Waals surface area contributed by atoms with Crippen molar-refractivity contribution in [1.29, 1.82) is 0 Å². The Balaban J connectivity index is 1.65. The van der Waals surface area contributed by atoms with Gasteiger partial charge in [-0.3, -0.25) is 4.79 Å². The van der Waals surface area contributed by atoms with Crippen molar-refractivity contribution < 1.29 is 13.9 Å². The molecule has 2 N–H and O–H groups in total. The van der Waals surface area contributed by atoms with Crippen LogP contribution in [0.15, 0.2) is 65.8 Å². The Morgan fingerprint density at radius 2 is 1.88 bits per heavy atom. The second-order valence-corrected chi connectivity index (χ2v) is 5.56. The zero-order valence-electron chi connectivity index (χ0n) is 14.2. The number of hydrogen-bond donors (Lipinski definition) is 2. The largest absolute Gasteiger partial charge is 0.496 e. The molecular weight excluding hydrogens is 333 g/mol. The van der Waals surface area contributed by atoms with Crippen LogP contribution >= 0.6 is 0 Å². The van der Waals surface area contributed by atoms with E-state index in [0.29, 0.717) is 11.4 Å². The number of amides is 1. The van der Waals surface area contributed by atoms with Crippen molar-refractivity contribution in [3.63, 3.8) is 0 Å². The molecule has 0 atom stereocenters. The summed E-state index contributed by atoms with van der Waals surface area (Å²) in [7, 11) is 1.59. The molecule has 5 nitrogen and oxygen atoms in total. The van der Waals surface area contributed by atoms with Gasteiger partial charge in [0.25, 0.3) is 5.91 Å². The molecule has 3 aromatic carbocycles. The molecule has 0 bridgehead atoms. The molecule has 0 saturated carbocycles. The Hall–Kier alpha value is -3.41. The van der Waals surface area contributed by atoms with E-state index in [4.69, 9.17) is 4.74 Å². The van der Waals surface area contributed by atoms with Gasteiger partial charge in [-0.15, -0.1) is 0 Å². The Labute approximate surface area is 150 Å². The van der Waals surface area contributed by atoms with Crippen LogP contribution in [0.25, 0.3) is 10.8 Å². The van der Waals surface area contributed by atoms with E-state index >= 15 is 0 Å². The predicted molar refractivity (Wildman–Crippen MR) is 101 cm³/mol. The van der Waals surface area contributed by atoms with Crippen LogP contribution in [0.4, 0.5) is 10.1 Å². The molecule has 0 spiro atoms. The summed E-state index contributed by atoms with van der Waals surface area (Å²) in [5.41, 5.74) is 3.91. The van der Waals surface area contributed by atoms with Crippen molar-refractivity contribution in [1.82, 2.24) is 5.43 Å². The minimum atomic E-state index is -0.325. The van der Waals surface area contributed by atoms with Crippen LogP contribution in [-0.2, 0) is 4.79 Å². The highest BCUT2D eigenvalue weighted by molar-refractivity contribution is 6.02. The fourth-order valence-corrected chi connectivity index (χ4v) is 2.55. The summed E-state index contributed by atoms with van der Waals surface area (Å²) in [5.74, 6) is 0.0320. The van der Waals surface area contributed by atoms with Crippen LogP contribution in [-0.4, -0.2) is 25.8 Å². The number of nitrogens with one attached hydrogen (secondary N) is 2. The third-order valence-corrected chi connectivity index (χ3v) is 3.83. The van der Waals surface area contributed by atoms with Crippen molar-refractivity contribution >= 4 is 28.6 Å². The lowest BCUT2D eigenvalue weighted by atomic mass is 10.0. The van der Waals surface area contributed by atoms with Crippen LogP contribution in [0.2, 0.25) is 0 Å². The number of halogens is 1. The van der Waals surface area contributed by atoms with Gasteiger partial charge in [-0.05, 0) is 41.1 Å². The van der Waals surface area contributed by atoms with E-state index in [2.05, 4.69) is 15.8 Å².